The first-order valence-electron chi connectivity index (χ1n) is 10.1. The van der Waals surface area contributed by atoms with Crippen LogP contribution in [-0.2, 0) is 32.1 Å². The Morgan fingerprint density at radius 3 is 2.28 bits per heavy atom. The van der Waals surface area contributed by atoms with Crippen molar-refractivity contribution in [3.8, 4) is 5.75 Å². The summed E-state index contributed by atoms with van der Waals surface area (Å²) in [4.78, 5) is 36.4. The molecule has 172 valence electrons. The standard InChI is InChI=1S/C23H28IN3O5/c1-14(25)21(28)26-15(2)22(29)27-19(23(30)31-3)12-17-9-10-20(18(24)11-17)32-13-16-7-5-4-6-8-16/h4-11,14-15,19H,12-13,25H2,1-3H3,(H,26,28)(H,27,29)/t14-,15-,19-/m0/s1. The molecule has 0 saturated heterocycles. The highest BCUT2D eigenvalue weighted by molar-refractivity contribution is 14.1. The Bertz CT molecular complexity index is 936. The molecule has 3 atom stereocenters. The lowest BCUT2D eigenvalue weighted by atomic mass is 10.1. The number of nitrogens with one attached hydrogen (secondary N) is 2. The van der Waals surface area contributed by atoms with Crippen molar-refractivity contribution in [2.45, 2.75) is 45.0 Å². The van der Waals surface area contributed by atoms with Crippen LogP contribution in [0, 0.1) is 3.57 Å². The van der Waals surface area contributed by atoms with Crippen LogP contribution in [0.4, 0.5) is 0 Å². The van der Waals surface area contributed by atoms with E-state index in [0.29, 0.717) is 6.61 Å². The molecule has 0 aliphatic carbocycles. The summed E-state index contributed by atoms with van der Waals surface area (Å²) in [6.07, 6.45) is 0.224. The molecular weight excluding hydrogens is 525 g/mol. The second-order valence-corrected chi connectivity index (χ2v) is 8.51. The van der Waals surface area contributed by atoms with Gasteiger partial charge in [-0.3, -0.25) is 9.59 Å². The fourth-order valence-corrected chi connectivity index (χ4v) is 3.54. The zero-order valence-electron chi connectivity index (χ0n) is 18.3. The molecule has 0 heterocycles. The molecule has 0 aliphatic rings. The van der Waals surface area contributed by atoms with Gasteiger partial charge in [0.15, 0.2) is 0 Å². The number of nitrogens with two attached hydrogens (primary N) is 1. The van der Waals surface area contributed by atoms with Gasteiger partial charge in [0, 0.05) is 6.42 Å². The summed E-state index contributed by atoms with van der Waals surface area (Å²) in [6, 6.07) is 12.9. The van der Waals surface area contributed by atoms with Crippen LogP contribution in [0.25, 0.3) is 0 Å². The molecule has 0 aromatic heterocycles. The number of halogens is 1. The van der Waals surface area contributed by atoms with Gasteiger partial charge < -0.3 is 25.8 Å². The monoisotopic (exact) mass is 553 g/mol. The van der Waals surface area contributed by atoms with Gasteiger partial charge in [0.2, 0.25) is 11.8 Å². The SMILES string of the molecule is COC(=O)[C@H](Cc1ccc(OCc2ccccc2)c(I)c1)NC(=O)[C@H](C)NC(=O)[C@H](C)N. The minimum atomic E-state index is -0.908. The molecular formula is C23H28IN3O5. The molecule has 2 aromatic rings. The van der Waals surface area contributed by atoms with Crippen molar-refractivity contribution >= 4 is 40.4 Å². The Labute approximate surface area is 201 Å². The average Bonchev–Trinajstić information content (AvgIpc) is 2.77. The number of ether oxygens (including phenoxy) is 2. The van der Waals surface area contributed by atoms with E-state index < -0.39 is 35.9 Å². The van der Waals surface area contributed by atoms with E-state index in [-0.39, 0.29) is 6.42 Å². The van der Waals surface area contributed by atoms with Crippen molar-refractivity contribution < 1.29 is 23.9 Å². The van der Waals surface area contributed by atoms with E-state index in [1.807, 2.05) is 48.5 Å². The number of esters is 1. The molecule has 9 heteroatoms. The second-order valence-electron chi connectivity index (χ2n) is 7.35. The lowest BCUT2D eigenvalue weighted by molar-refractivity contribution is -0.145. The zero-order chi connectivity index (χ0) is 23.7. The molecule has 2 amide bonds. The quantitative estimate of drug-likeness (QED) is 0.306. The molecule has 0 spiro atoms. The van der Waals surface area contributed by atoms with E-state index in [9.17, 15) is 14.4 Å². The number of amides is 2. The zero-order valence-corrected chi connectivity index (χ0v) is 20.4. The van der Waals surface area contributed by atoms with Crippen LogP contribution < -0.4 is 21.1 Å². The van der Waals surface area contributed by atoms with Crippen LogP contribution in [0.2, 0.25) is 0 Å². The van der Waals surface area contributed by atoms with Crippen LogP contribution in [0.3, 0.4) is 0 Å². The summed E-state index contributed by atoms with van der Waals surface area (Å²) < 4.78 is 11.6. The van der Waals surface area contributed by atoms with Gasteiger partial charge in [0.25, 0.3) is 0 Å². The molecule has 0 unspecified atom stereocenters. The molecule has 0 radical (unpaired) electrons. The highest BCUT2D eigenvalue weighted by Crippen LogP contribution is 2.24. The Hall–Kier alpha value is -2.66. The number of carbonyl (C=O) groups is 3. The second kappa shape index (κ2) is 12.4. The molecule has 32 heavy (non-hydrogen) atoms. The van der Waals surface area contributed by atoms with E-state index >= 15 is 0 Å². The van der Waals surface area contributed by atoms with Crippen LogP contribution in [-0.4, -0.2) is 43.0 Å². The summed E-state index contributed by atoms with van der Waals surface area (Å²) in [5.74, 6) is -0.817. The van der Waals surface area contributed by atoms with Gasteiger partial charge >= 0.3 is 5.97 Å². The summed E-state index contributed by atoms with van der Waals surface area (Å²) in [7, 11) is 1.26. The number of benzene rings is 2. The molecule has 0 bridgehead atoms. The molecule has 8 nitrogen and oxygen atoms in total. The Kier molecular flexibility index (Phi) is 9.92. The van der Waals surface area contributed by atoms with E-state index in [4.69, 9.17) is 15.2 Å². The number of methoxy groups -OCH3 is 1. The van der Waals surface area contributed by atoms with Crippen molar-refractivity contribution in [1.82, 2.24) is 10.6 Å². The maximum Gasteiger partial charge on any atom is 0.328 e. The van der Waals surface area contributed by atoms with Gasteiger partial charge in [-0.15, -0.1) is 0 Å². The fourth-order valence-electron chi connectivity index (χ4n) is 2.80. The van der Waals surface area contributed by atoms with Crippen molar-refractivity contribution in [3.63, 3.8) is 0 Å². The molecule has 2 rings (SSSR count). The summed E-state index contributed by atoms with van der Waals surface area (Å²) in [5, 5.41) is 5.14. The van der Waals surface area contributed by atoms with Crippen molar-refractivity contribution in [1.29, 1.82) is 0 Å². The van der Waals surface area contributed by atoms with Crippen LogP contribution in [0.1, 0.15) is 25.0 Å². The third kappa shape index (κ3) is 7.79. The average molecular weight is 553 g/mol. The molecule has 0 aliphatic heterocycles. The first-order chi connectivity index (χ1) is 15.2. The highest BCUT2D eigenvalue weighted by atomic mass is 127. The lowest BCUT2D eigenvalue weighted by Gasteiger charge is -2.21. The maximum absolute atomic E-state index is 12.5. The number of rotatable bonds is 10. The van der Waals surface area contributed by atoms with Crippen LogP contribution in [0.15, 0.2) is 48.5 Å². The highest BCUT2D eigenvalue weighted by Gasteiger charge is 2.26. The van der Waals surface area contributed by atoms with Crippen molar-refractivity contribution in [2.75, 3.05) is 7.11 Å². The van der Waals surface area contributed by atoms with E-state index in [0.717, 1.165) is 20.4 Å². The van der Waals surface area contributed by atoms with Crippen molar-refractivity contribution in [3.05, 3.63) is 63.2 Å². The van der Waals surface area contributed by atoms with E-state index in [1.165, 1.54) is 21.0 Å². The topological polar surface area (TPSA) is 120 Å². The number of hydrogen-bond acceptors (Lipinski definition) is 6. The van der Waals surface area contributed by atoms with E-state index in [1.54, 1.807) is 0 Å². The Morgan fingerprint density at radius 2 is 1.69 bits per heavy atom. The van der Waals surface area contributed by atoms with Gasteiger partial charge in [0.1, 0.15) is 24.4 Å². The number of carbonyl (C=O) groups excluding carboxylic acids is 3. The van der Waals surface area contributed by atoms with Crippen LogP contribution in [0.5, 0.6) is 5.75 Å². The lowest BCUT2D eigenvalue weighted by Crippen LogP contribution is -2.53. The minimum absolute atomic E-state index is 0.224. The third-order valence-corrected chi connectivity index (χ3v) is 5.48. The van der Waals surface area contributed by atoms with Gasteiger partial charge in [0.05, 0.1) is 16.7 Å². The molecule has 0 fully saturated rings. The largest absolute Gasteiger partial charge is 0.488 e. The third-order valence-electron chi connectivity index (χ3n) is 4.64. The van der Waals surface area contributed by atoms with Gasteiger partial charge in [-0.25, -0.2) is 4.79 Å². The smallest absolute Gasteiger partial charge is 0.328 e. The molecule has 0 saturated carbocycles. The van der Waals surface area contributed by atoms with Gasteiger partial charge in [-0.1, -0.05) is 36.4 Å². The fraction of sp³-hybridized carbons (Fsp3) is 0.348. The van der Waals surface area contributed by atoms with Crippen molar-refractivity contribution in [2.24, 2.45) is 5.73 Å². The van der Waals surface area contributed by atoms with Gasteiger partial charge in [-0.05, 0) is 59.7 Å². The maximum atomic E-state index is 12.5. The Balaban J connectivity index is 2.03. The van der Waals surface area contributed by atoms with Crippen LogP contribution >= 0.6 is 22.6 Å². The predicted octanol–water partition coefficient (Wildman–Crippen LogP) is 1.92. The van der Waals surface area contributed by atoms with Gasteiger partial charge in [-0.2, -0.15) is 0 Å². The minimum Gasteiger partial charge on any atom is -0.488 e. The summed E-state index contributed by atoms with van der Waals surface area (Å²) in [5.41, 5.74) is 7.39. The van der Waals surface area contributed by atoms with E-state index in [2.05, 4.69) is 33.2 Å². The predicted molar refractivity (Wildman–Crippen MR) is 129 cm³/mol. The molecule has 4 N–H and O–H groups in total. The summed E-state index contributed by atoms with van der Waals surface area (Å²) >= 11 is 2.17. The summed E-state index contributed by atoms with van der Waals surface area (Å²) in [6.45, 7) is 3.49. The molecule has 2 aromatic carbocycles. The normalized spacial score (nSPS) is 13.4. The first kappa shape index (κ1) is 25.6. The first-order valence-corrected chi connectivity index (χ1v) is 11.2. The Morgan fingerprint density at radius 1 is 1.00 bits per heavy atom. The number of hydrogen-bond donors (Lipinski definition) is 3.